The van der Waals surface area contributed by atoms with Gasteiger partial charge >= 0.3 is 5.97 Å². The third-order valence-corrected chi connectivity index (χ3v) is 9.39. The molecule has 4 heterocycles. The molecule has 2 N–H and O–H groups in total. The molecule has 3 aromatic heterocycles. The topological polar surface area (TPSA) is 173 Å². The van der Waals surface area contributed by atoms with Crippen LogP contribution in [0.5, 0.6) is 5.88 Å². The van der Waals surface area contributed by atoms with Crippen LogP contribution >= 0.6 is 0 Å². The highest BCUT2D eigenvalue weighted by Crippen LogP contribution is 2.29. The van der Waals surface area contributed by atoms with Gasteiger partial charge in [0.25, 0.3) is 0 Å². The number of fused-ring (bicyclic) bond motifs is 1. The van der Waals surface area contributed by atoms with E-state index in [2.05, 4.69) is 38.0 Å². The van der Waals surface area contributed by atoms with Crippen molar-refractivity contribution in [3.63, 3.8) is 0 Å². The average molecular weight is 816 g/mol. The second kappa shape index (κ2) is 28.5. The Morgan fingerprint density at radius 2 is 1.57 bits per heavy atom. The van der Waals surface area contributed by atoms with E-state index in [1.165, 1.54) is 19.6 Å². The number of carbonyl (C=O) groups is 1. The lowest BCUT2D eigenvalue weighted by Gasteiger charge is -2.36. The molecule has 17 nitrogen and oxygen atoms in total. The molecule has 0 saturated carbocycles. The SMILES string of the molecule is CCc1cnn2c(NCc3ccc(OCCOCCOCCOCCOCCOCCOCCN(C)C/C=C/C(=O)OC)nc3)cc(N3CCCC[C@H]3CCO)nc12. The third-order valence-electron chi connectivity index (χ3n) is 9.39. The Labute approximate surface area is 342 Å². The molecule has 0 bridgehead atoms. The van der Waals surface area contributed by atoms with Gasteiger partial charge in [-0.05, 0) is 44.7 Å². The number of piperidine rings is 1. The van der Waals surface area contributed by atoms with E-state index in [0.29, 0.717) is 105 Å². The van der Waals surface area contributed by atoms with Gasteiger partial charge in [-0.25, -0.2) is 14.8 Å². The molecule has 1 atom stereocenters. The lowest BCUT2D eigenvalue weighted by molar-refractivity contribution is -0.134. The van der Waals surface area contributed by atoms with Crippen LogP contribution in [0.3, 0.4) is 0 Å². The lowest BCUT2D eigenvalue weighted by Crippen LogP contribution is -2.40. The first-order valence-corrected chi connectivity index (χ1v) is 20.5. The molecule has 0 aromatic carbocycles. The first-order valence-electron chi connectivity index (χ1n) is 20.5. The minimum Gasteiger partial charge on any atom is -0.475 e. The molecule has 0 radical (unpaired) electrons. The number of hydrogen-bond donors (Lipinski definition) is 2. The van der Waals surface area contributed by atoms with Gasteiger partial charge in [0.1, 0.15) is 18.2 Å². The normalized spacial score (nSPS) is 14.6. The Kier molecular flexibility index (Phi) is 23.0. The fraction of sp³-hybridized carbons (Fsp3) is 0.659. The number of methoxy groups -OCH3 is 1. The van der Waals surface area contributed by atoms with Gasteiger partial charge in [-0.15, -0.1) is 0 Å². The van der Waals surface area contributed by atoms with Crippen LogP contribution in [0, 0.1) is 0 Å². The molecule has 3 aromatic rings. The fourth-order valence-electron chi connectivity index (χ4n) is 6.18. The number of ether oxygens (including phenoxy) is 8. The van der Waals surface area contributed by atoms with Crippen molar-refractivity contribution < 1.29 is 47.8 Å². The van der Waals surface area contributed by atoms with Gasteiger partial charge in [0.05, 0.1) is 92.6 Å². The maximum atomic E-state index is 11.1. The Hall–Kier alpha value is -3.94. The van der Waals surface area contributed by atoms with Gasteiger partial charge in [-0.2, -0.15) is 9.61 Å². The number of esters is 1. The summed E-state index contributed by atoms with van der Waals surface area (Å²) in [7, 11) is 3.31. The molecule has 58 heavy (non-hydrogen) atoms. The van der Waals surface area contributed by atoms with Gasteiger partial charge in [-0.1, -0.05) is 19.1 Å². The third kappa shape index (κ3) is 17.5. The van der Waals surface area contributed by atoms with Crippen LogP contribution in [0.4, 0.5) is 11.6 Å². The van der Waals surface area contributed by atoms with Gasteiger partial charge in [0, 0.05) is 68.8 Å². The summed E-state index contributed by atoms with van der Waals surface area (Å²) in [6.07, 6.45) is 11.8. The molecular weight excluding hydrogens is 750 g/mol. The zero-order chi connectivity index (χ0) is 41.0. The number of aliphatic hydroxyl groups excluding tert-OH is 1. The molecule has 0 unspecified atom stereocenters. The van der Waals surface area contributed by atoms with Gasteiger partial charge in [0.2, 0.25) is 5.88 Å². The Morgan fingerprint density at radius 1 is 0.914 bits per heavy atom. The van der Waals surface area contributed by atoms with Crippen LogP contribution in [0.1, 0.15) is 43.7 Å². The number of carbonyl (C=O) groups excluding carboxylic acids is 1. The largest absolute Gasteiger partial charge is 0.475 e. The van der Waals surface area contributed by atoms with Crippen molar-refractivity contribution in [1.82, 2.24) is 24.5 Å². The summed E-state index contributed by atoms with van der Waals surface area (Å²) >= 11 is 0. The molecule has 0 aliphatic carbocycles. The summed E-state index contributed by atoms with van der Waals surface area (Å²) in [5.41, 5.74) is 2.97. The maximum Gasteiger partial charge on any atom is 0.330 e. The predicted octanol–water partition coefficient (Wildman–Crippen LogP) is 3.18. The monoisotopic (exact) mass is 815 g/mol. The van der Waals surface area contributed by atoms with Crippen LogP contribution < -0.4 is 15.0 Å². The van der Waals surface area contributed by atoms with Crippen molar-refractivity contribution in [1.29, 1.82) is 0 Å². The van der Waals surface area contributed by atoms with Crippen molar-refractivity contribution in [2.24, 2.45) is 0 Å². The van der Waals surface area contributed by atoms with E-state index in [1.54, 1.807) is 6.08 Å². The molecule has 4 rings (SSSR count). The number of rotatable bonds is 32. The van der Waals surface area contributed by atoms with Crippen molar-refractivity contribution in [2.45, 2.75) is 51.6 Å². The van der Waals surface area contributed by atoms with Crippen LogP contribution in [-0.4, -0.2) is 168 Å². The van der Waals surface area contributed by atoms with Crippen LogP contribution in [-0.2, 0) is 50.9 Å². The predicted molar refractivity (Wildman–Crippen MR) is 220 cm³/mol. The Bertz CT molecular complexity index is 1580. The summed E-state index contributed by atoms with van der Waals surface area (Å²) in [5, 5.41) is 17.8. The zero-order valence-corrected chi connectivity index (χ0v) is 34.7. The van der Waals surface area contributed by atoms with Crippen LogP contribution in [0.15, 0.2) is 42.7 Å². The van der Waals surface area contributed by atoms with Crippen LogP contribution in [0.2, 0.25) is 0 Å². The second-order valence-electron chi connectivity index (χ2n) is 13.7. The standard InChI is InChI=1S/C41H65N7O10/c1-4-35-33-44-48-37(30-38(45-41(35)48)47-14-6-5-8-36(47)12-16-49)42-31-34-10-11-39(43-32-34)58-29-28-57-27-26-56-25-24-55-23-22-54-21-20-53-19-18-52-17-15-46(2)13-7-9-40(50)51-3/h7,9-11,30,32-33,36,42,49H,4-6,8,12-29,31H2,1-3H3/b9-7+/t36-/m0/s1. The van der Waals surface area contributed by atoms with Crippen molar-refractivity contribution >= 4 is 23.3 Å². The van der Waals surface area contributed by atoms with Crippen molar-refractivity contribution in [3.05, 3.63) is 53.9 Å². The first-order chi connectivity index (χ1) is 28.5. The summed E-state index contributed by atoms with van der Waals surface area (Å²) in [4.78, 5) is 24.9. The Morgan fingerprint density at radius 3 is 2.17 bits per heavy atom. The second-order valence-corrected chi connectivity index (χ2v) is 13.7. The molecule has 1 saturated heterocycles. The average Bonchev–Trinajstić information content (AvgIpc) is 3.67. The Balaban J connectivity index is 0.962. The van der Waals surface area contributed by atoms with Crippen molar-refractivity contribution in [2.75, 3.05) is 137 Å². The molecule has 1 fully saturated rings. The van der Waals surface area contributed by atoms with E-state index in [0.717, 1.165) is 67.2 Å². The molecule has 0 spiro atoms. The van der Waals surface area contributed by atoms with Gasteiger partial charge < -0.3 is 58.1 Å². The molecule has 17 heteroatoms. The van der Waals surface area contributed by atoms with Crippen molar-refractivity contribution in [3.8, 4) is 5.88 Å². The van der Waals surface area contributed by atoms with E-state index < -0.39 is 0 Å². The number of hydrogen-bond acceptors (Lipinski definition) is 16. The highest BCUT2D eigenvalue weighted by Gasteiger charge is 2.25. The number of aryl methyl sites for hydroxylation is 1. The lowest BCUT2D eigenvalue weighted by atomic mass is 9.99. The molecule has 1 aliphatic rings. The quantitative estimate of drug-likeness (QED) is 0.0534. The molecule has 1 aliphatic heterocycles. The van der Waals surface area contributed by atoms with E-state index >= 15 is 0 Å². The maximum absolute atomic E-state index is 11.1. The zero-order valence-electron chi connectivity index (χ0n) is 34.7. The number of nitrogens with one attached hydrogen (secondary N) is 1. The van der Waals surface area contributed by atoms with Gasteiger partial charge in [0.15, 0.2) is 5.65 Å². The summed E-state index contributed by atoms with van der Waals surface area (Å²) < 4.78 is 45.5. The first kappa shape index (κ1) is 46.7. The number of nitrogens with zero attached hydrogens (tertiary/aromatic N) is 6. The van der Waals surface area contributed by atoms with E-state index in [-0.39, 0.29) is 18.6 Å². The van der Waals surface area contributed by atoms with Crippen LogP contribution in [0.25, 0.3) is 5.65 Å². The number of pyridine rings is 1. The highest BCUT2D eigenvalue weighted by atomic mass is 16.6. The summed E-state index contributed by atoms with van der Waals surface area (Å²) in [5.74, 6) is 1.97. The highest BCUT2D eigenvalue weighted by molar-refractivity contribution is 5.81. The summed E-state index contributed by atoms with van der Waals surface area (Å²) in [6, 6.07) is 6.21. The van der Waals surface area contributed by atoms with E-state index in [4.69, 9.17) is 38.1 Å². The summed E-state index contributed by atoms with van der Waals surface area (Å²) in [6.45, 7) is 11.4. The number of aliphatic hydroxyl groups is 1. The molecule has 324 valence electrons. The molecular formula is C41H65N7O10. The number of aromatic nitrogens is 4. The minimum absolute atomic E-state index is 0.173. The molecule has 0 amide bonds. The smallest absolute Gasteiger partial charge is 0.330 e. The minimum atomic E-state index is -0.356. The van der Waals surface area contributed by atoms with E-state index in [9.17, 15) is 9.90 Å². The van der Waals surface area contributed by atoms with Gasteiger partial charge in [-0.3, -0.25) is 0 Å². The van der Waals surface area contributed by atoms with E-state index in [1.807, 2.05) is 41.0 Å². The number of likely N-dealkylation sites (N-methyl/N-ethyl adjacent to an activating group) is 1. The number of anilines is 2. The fourth-order valence-corrected chi connectivity index (χ4v) is 6.18.